The molecule has 0 aromatic heterocycles. The number of carbonyl (C=O) groups is 1. The Morgan fingerprint density at radius 1 is 1.12 bits per heavy atom. The van der Waals surface area contributed by atoms with E-state index in [2.05, 4.69) is 5.32 Å². The van der Waals surface area contributed by atoms with E-state index in [0.717, 1.165) is 11.1 Å². The summed E-state index contributed by atoms with van der Waals surface area (Å²) >= 11 is 0. The van der Waals surface area contributed by atoms with Crippen molar-refractivity contribution in [2.75, 3.05) is 5.32 Å². The predicted octanol–water partition coefficient (Wildman–Crippen LogP) is 2.67. The number of aryl methyl sites for hydroxylation is 2. The van der Waals surface area contributed by atoms with Crippen molar-refractivity contribution in [2.24, 2.45) is 5.14 Å². The van der Waals surface area contributed by atoms with E-state index in [0.29, 0.717) is 17.0 Å². The van der Waals surface area contributed by atoms with Gasteiger partial charge in [0.1, 0.15) is 5.75 Å². The van der Waals surface area contributed by atoms with Gasteiger partial charge in [0.2, 0.25) is 10.0 Å². The van der Waals surface area contributed by atoms with Crippen LogP contribution in [0.2, 0.25) is 0 Å². The third-order valence-electron chi connectivity index (χ3n) is 3.93. The first-order valence-electron chi connectivity index (χ1n) is 7.76. The van der Waals surface area contributed by atoms with Crippen LogP contribution in [0, 0.1) is 20.8 Å². The number of hydrogen-bond donors (Lipinski definition) is 2. The minimum absolute atomic E-state index is 0.0435. The van der Waals surface area contributed by atoms with Gasteiger partial charge in [-0.1, -0.05) is 17.7 Å². The molecule has 0 heterocycles. The van der Waals surface area contributed by atoms with Gasteiger partial charge in [0.15, 0.2) is 6.10 Å². The smallest absolute Gasteiger partial charge is 0.265 e. The number of hydrogen-bond acceptors (Lipinski definition) is 4. The van der Waals surface area contributed by atoms with Gasteiger partial charge < -0.3 is 10.1 Å². The lowest BCUT2D eigenvalue weighted by molar-refractivity contribution is -0.122. The number of nitrogens with one attached hydrogen (secondary N) is 1. The highest BCUT2D eigenvalue weighted by Gasteiger charge is 2.18. The van der Waals surface area contributed by atoms with Crippen LogP contribution < -0.4 is 15.2 Å². The maximum Gasteiger partial charge on any atom is 0.265 e. The van der Waals surface area contributed by atoms with Crippen LogP contribution in [-0.2, 0) is 14.8 Å². The van der Waals surface area contributed by atoms with Crippen molar-refractivity contribution in [3.8, 4) is 5.75 Å². The van der Waals surface area contributed by atoms with Crippen molar-refractivity contribution in [2.45, 2.75) is 38.7 Å². The molecular weight excluding hydrogens is 340 g/mol. The lowest BCUT2D eigenvalue weighted by atomic mass is 10.1. The zero-order chi connectivity index (χ0) is 18.8. The second-order valence-electron chi connectivity index (χ2n) is 6.02. The molecule has 2 rings (SSSR count). The number of primary sulfonamides is 1. The van der Waals surface area contributed by atoms with Crippen molar-refractivity contribution in [1.29, 1.82) is 0 Å². The van der Waals surface area contributed by atoms with E-state index in [1.165, 1.54) is 12.1 Å². The van der Waals surface area contributed by atoms with Gasteiger partial charge in [0.05, 0.1) is 4.90 Å². The number of carbonyl (C=O) groups excluding carboxylic acids is 1. The molecular formula is C18H22N2O4S. The molecule has 3 N–H and O–H groups in total. The normalized spacial score (nSPS) is 12.5. The monoisotopic (exact) mass is 362 g/mol. The number of amides is 1. The molecule has 2 aromatic rings. The first kappa shape index (κ1) is 19.0. The first-order valence-corrected chi connectivity index (χ1v) is 9.31. The van der Waals surface area contributed by atoms with E-state index in [1.54, 1.807) is 32.9 Å². The zero-order valence-electron chi connectivity index (χ0n) is 14.7. The van der Waals surface area contributed by atoms with Gasteiger partial charge >= 0.3 is 0 Å². The summed E-state index contributed by atoms with van der Waals surface area (Å²) < 4.78 is 28.8. The molecule has 0 fully saturated rings. The summed E-state index contributed by atoms with van der Waals surface area (Å²) in [6.07, 6.45) is -0.749. The molecule has 0 unspecified atom stereocenters. The van der Waals surface area contributed by atoms with Gasteiger partial charge in [-0.25, -0.2) is 13.6 Å². The Kier molecular flexibility index (Phi) is 5.49. The third-order valence-corrected chi connectivity index (χ3v) is 4.82. The Morgan fingerprint density at radius 2 is 1.72 bits per heavy atom. The predicted molar refractivity (Wildman–Crippen MR) is 97.2 cm³/mol. The fourth-order valence-electron chi connectivity index (χ4n) is 2.23. The molecule has 7 heteroatoms. The van der Waals surface area contributed by atoms with Crippen LogP contribution in [0.25, 0.3) is 0 Å². The fourth-order valence-corrected chi connectivity index (χ4v) is 2.85. The standard InChI is InChI=1S/C18H22N2O4S/c1-11-5-7-15(8-6-11)24-14(4)18(21)20-17-10-16(25(19,22)23)9-12(2)13(17)3/h5-10,14H,1-4H3,(H,20,21)(H2,19,22,23)/t14-/m1/s1. The Labute approximate surface area is 148 Å². The molecule has 0 bridgehead atoms. The van der Waals surface area contributed by atoms with E-state index in [-0.39, 0.29) is 10.8 Å². The average molecular weight is 362 g/mol. The van der Waals surface area contributed by atoms with Crippen LogP contribution >= 0.6 is 0 Å². The summed E-state index contributed by atoms with van der Waals surface area (Å²) in [6, 6.07) is 10.2. The highest BCUT2D eigenvalue weighted by molar-refractivity contribution is 7.89. The van der Waals surface area contributed by atoms with E-state index < -0.39 is 16.1 Å². The lowest BCUT2D eigenvalue weighted by Gasteiger charge is -2.17. The Balaban J connectivity index is 2.19. The largest absolute Gasteiger partial charge is 0.481 e. The summed E-state index contributed by atoms with van der Waals surface area (Å²) in [7, 11) is -3.86. The second-order valence-corrected chi connectivity index (χ2v) is 7.58. The zero-order valence-corrected chi connectivity index (χ0v) is 15.5. The summed E-state index contributed by atoms with van der Waals surface area (Å²) in [5.41, 5.74) is 2.97. The minimum atomic E-state index is -3.86. The number of rotatable bonds is 5. The van der Waals surface area contributed by atoms with Gasteiger partial charge in [0, 0.05) is 5.69 Å². The van der Waals surface area contributed by atoms with Gasteiger partial charge in [-0.05, 0) is 63.1 Å². The Hall–Kier alpha value is -2.38. The minimum Gasteiger partial charge on any atom is -0.481 e. The van der Waals surface area contributed by atoms with Crippen molar-refractivity contribution >= 4 is 21.6 Å². The third kappa shape index (κ3) is 4.80. The van der Waals surface area contributed by atoms with Crippen LogP contribution in [0.4, 0.5) is 5.69 Å². The first-order chi connectivity index (χ1) is 11.6. The number of nitrogens with two attached hydrogens (primary N) is 1. The summed E-state index contributed by atoms with van der Waals surface area (Å²) in [5, 5.41) is 7.90. The Bertz CT molecular complexity index is 890. The van der Waals surface area contributed by atoms with Gasteiger partial charge in [-0.2, -0.15) is 0 Å². The van der Waals surface area contributed by atoms with Crippen LogP contribution in [-0.4, -0.2) is 20.4 Å². The molecule has 0 radical (unpaired) electrons. The van der Waals surface area contributed by atoms with Gasteiger partial charge in [-0.15, -0.1) is 0 Å². The average Bonchev–Trinajstić information content (AvgIpc) is 2.52. The van der Waals surface area contributed by atoms with E-state index in [1.807, 2.05) is 19.1 Å². The molecule has 25 heavy (non-hydrogen) atoms. The number of anilines is 1. The van der Waals surface area contributed by atoms with E-state index >= 15 is 0 Å². The quantitative estimate of drug-likeness (QED) is 0.854. The number of benzene rings is 2. The second kappa shape index (κ2) is 7.25. The molecule has 0 spiro atoms. The van der Waals surface area contributed by atoms with Crippen molar-refractivity contribution in [3.05, 3.63) is 53.1 Å². The molecule has 134 valence electrons. The molecule has 0 aliphatic rings. The van der Waals surface area contributed by atoms with E-state index in [4.69, 9.17) is 9.88 Å². The van der Waals surface area contributed by atoms with Crippen molar-refractivity contribution < 1.29 is 17.9 Å². The number of ether oxygens (including phenoxy) is 1. The molecule has 6 nitrogen and oxygen atoms in total. The number of sulfonamides is 1. The van der Waals surface area contributed by atoms with Gasteiger partial charge in [-0.3, -0.25) is 4.79 Å². The topological polar surface area (TPSA) is 98.5 Å². The van der Waals surface area contributed by atoms with Crippen LogP contribution in [0.15, 0.2) is 41.3 Å². The molecule has 1 amide bonds. The summed E-state index contributed by atoms with van der Waals surface area (Å²) in [4.78, 5) is 12.3. The van der Waals surface area contributed by atoms with E-state index in [9.17, 15) is 13.2 Å². The lowest BCUT2D eigenvalue weighted by Crippen LogP contribution is -2.30. The Morgan fingerprint density at radius 3 is 2.28 bits per heavy atom. The highest BCUT2D eigenvalue weighted by Crippen LogP contribution is 2.24. The molecule has 2 aromatic carbocycles. The highest BCUT2D eigenvalue weighted by atomic mass is 32.2. The molecule has 0 saturated carbocycles. The molecule has 0 aliphatic heterocycles. The summed E-state index contributed by atoms with van der Waals surface area (Å²) in [6.45, 7) is 7.14. The maximum atomic E-state index is 12.4. The summed E-state index contributed by atoms with van der Waals surface area (Å²) in [5.74, 6) is 0.203. The molecule has 1 atom stereocenters. The van der Waals surface area contributed by atoms with Crippen molar-refractivity contribution in [3.63, 3.8) is 0 Å². The van der Waals surface area contributed by atoms with Crippen LogP contribution in [0.5, 0.6) is 5.75 Å². The van der Waals surface area contributed by atoms with Crippen LogP contribution in [0.1, 0.15) is 23.6 Å². The molecule has 0 saturated heterocycles. The van der Waals surface area contributed by atoms with Gasteiger partial charge in [0.25, 0.3) is 5.91 Å². The SMILES string of the molecule is Cc1ccc(O[C@H](C)C(=O)Nc2cc(S(N)(=O)=O)cc(C)c2C)cc1. The van der Waals surface area contributed by atoms with Crippen LogP contribution in [0.3, 0.4) is 0 Å². The van der Waals surface area contributed by atoms with Crippen molar-refractivity contribution in [1.82, 2.24) is 0 Å². The maximum absolute atomic E-state index is 12.4. The fraction of sp³-hybridized carbons (Fsp3) is 0.278. The molecule has 0 aliphatic carbocycles.